The molecule has 0 heterocycles. The lowest BCUT2D eigenvalue weighted by Crippen LogP contribution is -2.40. The number of hydrogen-bond acceptors (Lipinski definition) is 3. The Morgan fingerprint density at radius 3 is 2.13 bits per heavy atom. The van der Waals surface area contributed by atoms with Crippen LogP contribution in [0.2, 0.25) is 10.0 Å². The van der Waals surface area contributed by atoms with E-state index in [1.54, 1.807) is 25.3 Å². The van der Waals surface area contributed by atoms with Crippen LogP contribution in [0.25, 0.3) is 0 Å². The Hall–Kier alpha value is -2.24. The number of nitrogens with one attached hydrogen (secondary N) is 2. The second kappa shape index (κ2) is 10.7. The van der Waals surface area contributed by atoms with Crippen molar-refractivity contribution in [1.82, 2.24) is 10.6 Å². The molecular weight excluding hydrogens is 423 g/mol. The topological polar surface area (TPSA) is 67.4 Å². The van der Waals surface area contributed by atoms with E-state index in [2.05, 4.69) is 10.6 Å². The minimum absolute atomic E-state index is 0.0491. The molecule has 0 bridgehead atoms. The molecule has 30 heavy (non-hydrogen) atoms. The normalized spacial score (nSPS) is 18.1. The maximum absolute atomic E-state index is 12.7. The number of carbonyl (C=O) groups is 2. The van der Waals surface area contributed by atoms with Crippen molar-refractivity contribution < 1.29 is 14.3 Å². The summed E-state index contributed by atoms with van der Waals surface area (Å²) >= 11 is 12.0. The highest BCUT2D eigenvalue weighted by molar-refractivity contribution is 6.34. The molecule has 0 aliphatic heterocycles. The molecule has 0 radical (unpaired) electrons. The van der Waals surface area contributed by atoms with Crippen LogP contribution in [0.15, 0.2) is 42.5 Å². The van der Waals surface area contributed by atoms with Gasteiger partial charge in [-0.25, -0.2) is 0 Å². The molecule has 2 N–H and O–H groups in total. The minimum Gasteiger partial charge on any atom is -0.497 e. The van der Waals surface area contributed by atoms with Crippen LogP contribution in [0.3, 0.4) is 0 Å². The van der Waals surface area contributed by atoms with Gasteiger partial charge in [-0.15, -0.1) is 0 Å². The SMILES string of the molecule is COc1ccc(CCNC(=O)C2CCC[C@H]2C(=O)NCc2cc(Cl)cc(Cl)c2)cc1. The molecule has 5 nitrogen and oxygen atoms in total. The smallest absolute Gasteiger partial charge is 0.224 e. The van der Waals surface area contributed by atoms with Crippen molar-refractivity contribution >= 4 is 35.0 Å². The van der Waals surface area contributed by atoms with Crippen molar-refractivity contribution in [2.75, 3.05) is 13.7 Å². The van der Waals surface area contributed by atoms with E-state index in [0.717, 1.165) is 42.6 Å². The first-order chi connectivity index (χ1) is 14.5. The van der Waals surface area contributed by atoms with Gasteiger partial charge in [-0.1, -0.05) is 41.8 Å². The Bertz CT molecular complexity index is 866. The molecule has 1 unspecified atom stereocenters. The summed E-state index contributed by atoms with van der Waals surface area (Å²) in [7, 11) is 1.63. The summed E-state index contributed by atoms with van der Waals surface area (Å²) in [6, 6.07) is 13.0. The van der Waals surface area contributed by atoms with Crippen LogP contribution in [0.4, 0.5) is 0 Å². The molecule has 2 atom stereocenters. The number of carbonyl (C=O) groups excluding carboxylic acids is 2. The van der Waals surface area contributed by atoms with Crippen molar-refractivity contribution in [1.29, 1.82) is 0 Å². The van der Waals surface area contributed by atoms with Gasteiger partial charge in [-0.05, 0) is 60.7 Å². The van der Waals surface area contributed by atoms with Crippen molar-refractivity contribution in [2.45, 2.75) is 32.2 Å². The Labute approximate surface area is 187 Å². The quantitative estimate of drug-likeness (QED) is 0.628. The van der Waals surface area contributed by atoms with E-state index in [0.29, 0.717) is 23.1 Å². The van der Waals surface area contributed by atoms with Crippen LogP contribution in [-0.2, 0) is 22.6 Å². The molecule has 0 aromatic heterocycles. The highest BCUT2D eigenvalue weighted by Crippen LogP contribution is 2.32. The second-order valence-electron chi connectivity index (χ2n) is 7.53. The van der Waals surface area contributed by atoms with E-state index in [1.807, 2.05) is 24.3 Å². The van der Waals surface area contributed by atoms with Crippen LogP contribution in [0, 0.1) is 11.8 Å². The van der Waals surface area contributed by atoms with Gasteiger partial charge >= 0.3 is 0 Å². The Balaban J connectivity index is 1.48. The molecule has 0 saturated heterocycles. The standard InChI is InChI=1S/C23H26Cl2N2O3/c1-30-19-7-5-15(6-8-19)9-10-26-22(28)20-3-2-4-21(20)23(29)27-14-16-11-17(24)13-18(25)12-16/h5-8,11-13,20-21H,2-4,9-10,14H2,1H3,(H,26,28)(H,27,29)/t20?,21-/m1/s1. The van der Waals surface area contributed by atoms with Crippen molar-refractivity contribution in [3.63, 3.8) is 0 Å². The predicted octanol–water partition coefficient (Wildman–Crippen LogP) is 4.39. The predicted molar refractivity (Wildman–Crippen MR) is 119 cm³/mol. The van der Waals surface area contributed by atoms with Gasteiger partial charge in [0.25, 0.3) is 0 Å². The Morgan fingerprint density at radius 1 is 0.933 bits per heavy atom. The first kappa shape index (κ1) is 22.4. The third-order valence-electron chi connectivity index (χ3n) is 5.45. The van der Waals surface area contributed by atoms with E-state index in [1.165, 1.54) is 0 Å². The summed E-state index contributed by atoms with van der Waals surface area (Å²) in [5.74, 6) is 0.0676. The zero-order valence-electron chi connectivity index (χ0n) is 16.9. The fraction of sp³-hybridized carbons (Fsp3) is 0.391. The van der Waals surface area contributed by atoms with Gasteiger partial charge in [-0.3, -0.25) is 9.59 Å². The van der Waals surface area contributed by atoms with Gasteiger partial charge in [0.05, 0.1) is 7.11 Å². The van der Waals surface area contributed by atoms with E-state index in [4.69, 9.17) is 27.9 Å². The number of halogens is 2. The maximum Gasteiger partial charge on any atom is 0.224 e. The molecule has 160 valence electrons. The third kappa shape index (κ3) is 6.13. The summed E-state index contributed by atoms with van der Waals surface area (Å²) in [5.41, 5.74) is 1.95. The van der Waals surface area contributed by atoms with Gasteiger partial charge in [0.1, 0.15) is 5.75 Å². The van der Waals surface area contributed by atoms with E-state index in [9.17, 15) is 9.59 Å². The first-order valence-electron chi connectivity index (χ1n) is 10.1. The van der Waals surface area contributed by atoms with Crippen LogP contribution in [-0.4, -0.2) is 25.5 Å². The van der Waals surface area contributed by atoms with Crippen molar-refractivity contribution in [2.24, 2.45) is 11.8 Å². The van der Waals surface area contributed by atoms with E-state index < -0.39 is 0 Å². The average Bonchev–Trinajstić information content (AvgIpc) is 3.22. The molecule has 2 amide bonds. The van der Waals surface area contributed by atoms with Gasteiger partial charge in [-0.2, -0.15) is 0 Å². The minimum atomic E-state index is -0.305. The summed E-state index contributed by atoms with van der Waals surface area (Å²) < 4.78 is 5.15. The lowest BCUT2D eigenvalue weighted by Gasteiger charge is -2.19. The first-order valence-corrected chi connectivity index (χ1v) is 10.8. The summed E-state index contributed by atoms with van der Waals surface area (Å²) in [6.07, 6.45) is 3.06. The molecule has 2 aromatic carbocycles. The largest absolute Gasteiger partial charge is 0.497 e. The monoisotopic (exact) mass is 448 g/mol. The summed E-state index contributed by atoms with van der Waals surface area (Å²) in [5, 5.41) is 6.97. The number of ether oxygens (including phenoxy) is 1. The Morgan fingerprint density at radius 2 is 1.53 bits per heavy atom. The highest BCUT2D eigenvalue weighted by atomic mass is 35.5. The van der Waals surface area contributed by atoms with E-state index in [-0.39, 0.29) is 23.7 Å². The molecule has 1 aliphatic rings. The fourth-order valence-corrected chi connectivity index (χ4v) is 4.45. The Kier molecular flexibility index (Phi) is 8.00. The zero-order chi connectivity index (χ0) is 21.5. The molecule has 1 aliphatic carbocycles. The second-order valence-corrected chi connectivity index (χ2v) is 8.40. The fourth-order valence-electron chi connectivity index (χ4n) is 3.87. The number of rotatable bonds is 8. The molecule has 3 rings (SSSR count). The van der Waals surface area contributed by atoms with Crippen LogP contribution >= 0.6 is 23.2 Å². The number of methoxy groups -OCH3 is 1. The van der Waals surface area contributed by atoms with Crippen molar-refractivity contribution in [3.8, 4) is 5.75 Å². The number of amides is 2. The third-order valence-corrected chi connectivity index (χ3v) is 5.89. The van der Waals surface area contributed by atoms with Gasteiger partial charge < -0.3 is 15.4 Å². The van der Waals surface area contributed by atoms with Gasteiger partial charge in [0.2, 0.25) is 11.8 Å². The zero-order valence-corrected chi connectivity index (χ0v) is 18.4. The molecule has 2 aromatic rings. The average molecular weight is 449 g/mol. The highest BCUT2D eigenvalue weighted by Gasteiger charge is 2.37. The number of hydrogen-bond donors (Lipinski definition) is 2. The van der Waals surface area contributed by atoms with Gasteiger partial charge in [0, 0.05) is 35.0 Å². The molecule has 7 heteroatoms. The molecular formula is C23H26Cl2N2O3. The van der Waals surface area contributed by atoms with Crippen LogP contribution < -0.4 is 15.4 Å². The molecule has 0 spiro atoms. The molecule has 1 saturated carbocycles. The van der Waals surface area contributed by atoms with Crippen LogP contribution in [0.1, 0.15) is 30.4 Å². The lowest BCUT2D eigenvalue weighted by atomic mass is 9.94. The van der Waals surface area contributed by atoms with Gasteiger partial charge in [0.15, 0.2) is 0 Å². The van der Waals surface area contributed by atoms with E-state index >= 15 is 0 Å². The van der Waals surface area contributed by atoms with Crippen molar-refractivity contribution in [3.05, 3.63) is 63.6 Å². The summed E-state index contributed by atoms with van der Waals surface area (Å²) in [4.78, 5) is 25.4. The lowest BCUT2D eigenvalue weighted by molar-refractivity contribution is -0.133. The summed E-state index contributed by atoms with van der Waals surface area (Å²) in [6.45, 7) is 0.873. The van der Waals surface area contributed by atoms with Crippen LogP contribution in [0.5, 0.6) is 5.75 Å². The maximum atomic E-state index is 12.7. The molecule has 1 fully saturated rings. The number of benzene rings is 2.